The number of nitrogens with one attached hydrogen (secondary N) is 1. The summed E-state index contributed by atoms with van der Waals surface area (Å²) in [6.07, 6.45) is -0.0902. The molecule has 1 saturated heterocycles. The van der Waals surface area contributed by atoms with E-state index >= 15 is 0 Å². The fourth-order valence-electron chi connectivity index (χ4n) is 2.91. The Balaban J connectivity index is 1.82. The van der Waals surface area contributed by atoms with Gasteiger partial charge in [0.2, 0.25) is 0 Å². The average molecular weight is 436 g/mol. The molecule has 0 aliphatic carbocycles. The van der Waals surface area contributed by atoms with Gasteiger partial charge in [0, 0.05) is 29.4 Å². The van der Waals surface area contributed by atoms with Gasteiger partial charge in [-0.15, -0.1) is 0 Å². The number of pyridine rings is 1. The van der Waals surface area contributed by atoms with E-state index < -0.39 is 11.7 Å². The van der Waals surface area contributed by atoms with Crippen LogP contribution in [0.15, 0.2) is 46.0 Å². The fraction of sp³-hybridized carbons (Fsp3) is 0.105. The molecule has 29 heavy (non-hydrogen) atoms. The number of aromatic nitrogens is 1. The van der Waals surface area contributed by atoms with Crippen LogP contribution >= 0.6 is 24.0 Å². The van der Waals surface area contributed by atoms with E-state index in [1.165, 1.54) is 37.7 Å². The number of nitrogens with zero attached hydrogens (tertiary/aromatic N) is 1. The Kier molecular flexibility index (Phi) is 4.83. The van der Waals surface area contributed by atoms with Crippen molar-refractivity contribution < 1.29 is 27.1 Å². The summed E-state index contributed by atoms with van der Waals surface area (Å²) in [5.74, 6) is -0.239. The number of thiocarbonyl (C=S) groups is 1. The minimum Gasteiger partial charge on any atom is -0.496 e. The highest BCUT2D eigenvalue weighted by Gasteiger charge is 2.34. The zero-order valence-corrected chi connectivity index (χ0v) is 16.3. The molecule has 10 heteroatoms. The van der Waals surface area contributed by atoms with Crippen molar-refractivity contribution in [2.75, 3.05) is 7.11 Å². The summed E-state index contributed by atoms with van der Waals surface area (Å²) in [5.41, 5.74) is 0.130. The Bertz CT molecular complexity index is 1190. The molecule has 3 aromatic rings. The van der Waals surface area contributed by atoms with Crippen LogP contribution in [0.2, 0.25) is 0 Å². The number of carbonyl (C=O) groups is 1. The molecule has 1 amide bonds. The average Bonchev–Trinajstić information content (AvgIpc) is 3.22. The van der Waals surface area contributed by atoms with E-state index in [1.54, 1.807) is 6.07 Å². The van der Waals surface area contributed by atoms with Crippen molar-refractivity contribution >= 4 is 51.3 Å². The van der Waals surface area contributed by atoms with Gasteiger partial charge in [-0.25, -0.2) is 0 Å². The first-order chi connectivity index (χ1) is 13.8. The number of fused-ring (bicyclic) bond motifs is 1. The molecule has 148 valence electrons. The molecule has 0 atom stereocenters. The van der Waals surface area contributed by atoms with Crippen LogP contribution in [-0.4, -0.2) is 22.3 Å². The van der Waals surface area contributed by atoms with E-state index in [1.807, 2.05) is 0 Å². The molecular formula is C19H11F3N2O3S2. The third kappa shape index (κ3) is 3.73. The van der Waals surface area contributed by atoms with Gasteiger partial charge < -0.3 is 14.5 Å². The minimum absolute atomic E-state index is 0.272. The number of carbonyl (C=O) groups excluding carboxylic acids is 1. The van der Waals surface area contributed by atoms with E-state index in [4.69, 9.17) is 21.4 Å². The highest BCUT2D eigenvalue weighted by Crippen LogP contribution is 2.40. The molecule has 0 unspecified atom stereocenters. The van der Waals surface area contributed by atoms with Crippen LogP contribution in [0.4, 0.5) is 13.2 Å². The summed E-state index contributed by atoms with van der Waals surface area (Å²) in [5, 5.41) is 3.09. The lowest BCUT2D eigenvalue weighted by Crippen LogP contribution is -2.17. The molecule has 1 N–H and O–H groups in total. The lowest BCUT2D eigenvalue weighted by Gasteiger charge is -2.13. The van der Waals surface area contributed by atoms with E-state index in [9.17, 15) is 18.0 Å². The quantitative estimate of drug-likeness (QED) is 0.460. The minimum atomic E-state index is -4.58. The van der Waals surface area contributed by atoms with Crippen molar-refractivity contribution in [3.63, 3.8) is 0 Å². The van der Waals surface area contributed by atoms with Crippen LogP contribution in [0, 0.1) is 0 Å². The predicted octanol–water partition coefficient (Wildman–Crippen LogP) is 5.01. The number of hydrogen-bond donors (Lipinski definition) is 1. The van der Waals surface area contributed by atoms with Crippen LogP contribution in [0.5, 0.6) is 5.75 Å². The first-order valence-electron chi connectivity index (χ1n) is 8.14. The number of benzene rings is 1. The van der Waals surface area contributed by atoms with Gasteiger partial charge in [0.05, 0.1) is 17.6 Å². The molecule has 1 aliphatic heterocycles. The summed E-state index contributed by atoms with van der Waals surface area (Å²) in [6, 6.07) is 5.41. The molecule has 0 spiro atoms. The number of rotatable bonds is 3. The molecule has 1 aromatic carbocycles. The van der Waals surface area contributed by atoms with Gasteiger partial charge >= 0.3 is 6.18 Å². The fourth-order valence-corrected chi connectivity index (χ4v) is 3.93. The van der Waals surface area contributed by atoms with Gasteiger partial charge in [-0.1, -0.05) is 30.0 Å². The first kappa shape index (κ1) is 19.5. The van der Waals surface area contributed by atoms with Gasteiger partial charge in [0.25, 0.3) is 5.91 Å². The van der Waals surface area contributed by atoms with E-state index in [0.29, 0.717) is 31.5 Å². The molecule has 1 aliphatic rings. The van der Waals surface area contributed by atoms with Crippen molar-refractivity contribution in [1.29, 1.82) is 0 Å². The number of methoxy groups -OCH3 is 1. The maximum absolute atomic E-state index is 13.4. The van der Waals surface area contributed by atoms with Crippen molar-refractivity contribution in [2.45, 2.75) is 6.18 Å². The van der Waals surface area contributed by atoms with Crippen molar-refractivity contribution in [1.82, 2.24) is 10.3 Å². The molecule has 5 nitrogen and oxygen atoms in total. The number of ether oxygens (including phenoxy) is 1. The molecule has 2 aromatic heterocycles. The number of furan rings is 1. The highest BCUT2D eigenvalue weighted by molar-refractivity contribution is 8.26. The lowest BCUT2D eigenvalue weighted by atomic mass is 10.0. The zero-order valence-electron chi connectivity index (χ0n) is 14.7. The Hall–Kier alpha value is -2.85. The molecule has 3 heterocycles. The zero-order chi connectivity index (χ0) is 20.8. The van der Waals surface area contributed by atoms with Crippen molar-refractivity contribution in [3.8, 4) is 16.9 Å². The maximum atomic E-state index is 13.4. The van der Waals surface area contributed by atoms with Crippen LogP contribution < -0.4 is 10.1 Å². The SMILES string of the molecule is COc1ccc(-c2cncc3cc(/C=C4\SC(=S)NC4=O)oc23)cc1C(F)(F)F. The molecular weight excluding hydrogens is 425 g/mol. The second-order valence-corrected chi connectivity index (χ2v) is 7.74. The van der Waals surface area contributed by atoms with Gasteiger partial charge in [-0.3, -0.25) is 9.78 Å². The largest absolute Gasteiger partial charge is 0.496 e. The van der Waals surface area contributed by atoms with Gasteiger partial charge in [0.1, 0.15) is 21.4 Å². The van der Waals surface area contributed by atoms with E-state index in [0.717, 1.165) is 17.8 Å². The third-order valence-electron chi connectivity index (χ3n) is 4.17. The Morgan fingerprint density at radius 1 is 1.28 bits per heavy atom. The normalized spacial score (nSPS) is 15.9. The smallest absolute Gasteiger partial charge is 0.419 e. The third-order valence-corrected chi connectivity index (χ3v) is 5.34. The maximum Gasteiger partial charge on any atom is 0.419 e. The number of halogens is 3. The summed E-state index contributed by atoms with van der Waals surface area (Å²) < 4.78 is 51.1. The summed E-state index contributed by atoms with van der Waals surface area (Å²) in [7, 11) is 1.18. The monoisotopic (exact) mass is 436 g/mol. The summed E-state index contributed by atoms with van der Waals surface area (Å²) in [6.45, 7) is 0. The van der Waals surface area contributed by atoms with E-state index in [-0.39, 0.29) is 17.2 Å². The summed E-state index contributed by atoms with van der Waals surface area (Å²) in [4.78, 5) is 16.3. The molecule has 4 rings (SSSR count). The number of amides is 1. The predicted molar refractivity (Wildman–Crippen MR) is 107 cm³/mol. The number of thioether (sulfide) groups is 1. The Morgan fingerprint density at radius 2 is 2.07 bits per heavy atom. The Labute approximate surface area is 171 Å². The van der Waals surface area contributed by atoms with Gasteiger partial charge in [0.15, 0.2) is 0 Å². The van der Waals surface area contributed by atoms with E-state index in [2.05, 4.69) is 10.3 Å². The molecule has 0 radical (unpaired) electrons. The Morgan fingerprint density at radius 3 is 2.72 bits per heavy atom. The lowest BCUT2D eigenvalue weighted by molar-refractivity contribution is -0.138. The standard InChI is InChI=1S/C19H11F3N2O3S2/c1-26-14-3-2-9(5-13(14)19(20,21)22)12-8-23-7-10-4-11(27-16(10)12)6-15-17(25)24-18(28)29-15/h2-8H,1H3,(H,24,25,28)/b15-6-. The van der Waals surface area contributed by atoms with Crippen molar-refractivity contribution in [2.24, 2.45) is 0 Å². The number of alkyl halides is 3. The van der Waals surface area contributed by atoms with Gasteiger partial charge in [-0.2, -0.15) is 13.2 Å². The van der Waals surface area contributed by atoms with Crippen molar-refractivity contribution in [3.05, 3.63) is 52.9 Å². The highest BCUT2D eigenvalue weighted by atomic mass is 32.2. The van der Waals surface area contributed by atoms with Crippen LogP contribution in [0.1, 0.15) is 11.3 Å². The second-order valence-electron chi connectivity index (χ2n) is 6.02. The van der Waals surface area contributed by atoms with Crippen LogP contribution in [-0.2, 0) is 11.0 Å². The second kappa shape index (κ2) is 7.20. The summed E-state index contributed by atoms with van der Waals surface area (Å²) >= 11 is 6.05. The van der Waals surface area contributed by atoms with Crippen LogP contribution in [0.3, 0.4) is 0 Å². The molecule has 0 bridgehead atoms. The van der Waals surface area contributed by atoms with Crippen LogP contribution in [0.25, 0.3) is 28.2 Å². The number of hydrogen-bond acceptors (Lipinski definition) is 6. The first-order valence-corrected chi connectivity index (χ1v) is 9.37. The van der Waals surface area contributed by atoms with Gasteiger partial charge in [-0.05, 0) is 23.8 Å². The molecule has 0 saturated carbocycles. The molecule has 1 fully saturated rings. The topological polar surface area (TPSA) is 64.4 Å².